The maximum absolute atomic E-state index is 12.0. The Morgan fingerprint density at radius 3 is 2.70 bits per heavy atom. The zero-order valence-electron chi connectivity index (χ0n) is 18.8. The van der Waals surface area contributed by atoms with Gasteiger partial charge in [-0.15, -0.1) is 4.80 Å². The second-order valence-electron chi connectivity index (χ2n) is 8.35. The third kappa shape index (κ3) is 4.17. The van der Waals surface area contributed by atoms with E-state index in [2.05, 4.69) is 51.4 Å². The summed E-state index contributed by atoms with van der Waals surface area (Å²) < 4.78 is 7.77. The Labute approximate surface area is 192 Å². The molecule has 8 nitrogen and oxygen atoms in total. The monoisotopic (exact) mass is 442 g/mol. The average Bonchev–Trinajstić information content (AvgIpc) is 3.55. The molecular weight excluding hydrogens is 416 g/mol. The van der Waals surface area contributed by atoms with Crippen molar-refractivity contribution in [2.45, 2.75) is 26.3 Å². The first kappa shape index (κ1) is 21.1. The van der Waals surface area contributed by atoms with Gasteiger partial charge >= 0.3 is 0 Å². The number of nitrogens with zero attached hydrogens (tertiary/aromatic N) is 6. The SMILES string of the molecule is Cc1cc(C=O)c(-n2nccn2)c(N2CCOC[C@H]2Cc2cc(-n3cccn3)ccc2C)c1. The van der Waals surface area contributed by atoms with Crippen LogP contribution in [-0.4, -0.2) is 56.9 Å². The van der Waals surface area contributed by atoms with Crippen molar-refractivity contribution in [1.82, 2.24) is 24.8 Å². The van der Waals surface area contributed by atoms with Crippen molar-refractivity contribution in [3.05, 3.63) is 83.4 Å². The number of benzene rings is 2. The number of aryl methyl sites for hydroxylation is 2. The molecule has 1 aliphatic heterocycles. The Morgan fingerprint density at radius 1 is 1.09 bits per heavy atom. The lowest BCUT2D eigenvalue weighted by atomic mass is 9.97. The normalized spacial score (nSPS) is 16.2. The van der Waals surface area contributed by atoms with Crippen LogP contribution in [0.2, 0.25) is 0 Å². The van der Waals surface area contributed by atoms with E-state index in [4.69, 9.17) is 4.74 Å². The van der Waals surface area contributed by atoms with Gasteiger partial charge in [0.15, 0.2) is 6.29 Å². The smallest absolute Gasteiger partial charge is 0.152 e. The van der Waals surface area contributed by atoms with Gasteiger partial charge in [-0.25, -0.2) is 4.68 Å². The van der Waals surface area contributed by atoms with E-state index in [-0.39, 0.29) is 6.04 Å². The number of carbonyl (C=O) groups is 1. The van der Waals surface area contributed by atoms with Gasteiger partial charge in [0.1, 0.15) is 5.69 Å². The first-order valence-electron chi connectivity index (χ1n) is 11.0. The molecule has 0 N–H and O–H groups in total. The number of aldehydes is 1. The molecule has 33 heavy (non-hydrogen) atoms. The first-order chi connectivity index (χ1) is 16.1. The number of anilines is 1. The highest BCUT2D eigenvalue weighted by Crippen LogP contribution is 2.32. The predicted molar refractivity (Wildman–Crippen MR) is 125 cm³/mol. The molecule has 2 aromatic carbocycles. The molecule has 0 spiro atoms. The number of hydrogen-bond donors (Lipinski definition) is 0. The van der Waals surface area contributed by atoms with Crippen LogP contribution in [0.1, 0.15) is 27.0 Å². The van der Waals surface area contributed by atoms with Crippen molar-refractivity contribution in [1.29, 1.82) is 0 Å². The van der Waals surface area contributed by atoms with Crippen molar-refractivity contribution in [2.75, 3.05) is 24.7 Å². The minimum absolute atomic E-state index is 0.0981. The van der Waals surface area contributed by atoms with Crippen molar-refractivity contribution < 1.29 is 9.53 Å². The molecule has 0 unspecified atom stereocenters. The molecule has 168 valence electrons. The van der Waals surface area contributed by atoms with Gasteiger partial charge in [-0.2, -0.15) is 15.3 Å². The molecule has 1 fully saturated rings. The van der Waals surface area contributed by atoms with E-state index in [1.54, 1.807) is 18.6 Å². The highest BCUT2D eigenvalue weighted by atomic mass is 16.5. The van der Waals surface area contributed by atoms with Crippen LogP contribution >= 0.6 is 0 Å². The van der Waals surface area contributed by atoms with Gasteiger partial charge < -0.3 is 9.64 Å². The van der Waals surface area contributed by atoms with Crippen molar-refractivity contribution in [2.24, 2.45) is 0 Å². The molecule has 0 aliphatic carbocycles. The predicted octanol–water partition coefficient (Wildman–Crippen LogP) is 3.33. The summed E-state index contributed by atoms with van der Waals surface area (Å²) in [5.74, 6) is 0. The Kier molecular flexibility index (Phi) is 5.75. The number of hydrogen-bond acceptors (Lipinski definition) is 6. The van der Waals surface area contributed by atoms with E-state index in [0.717, 1.165) is 36.2 Å². The van der Waals surface area contributed by atoms with Gasteiger partial charge in [0.2, 0.25) is 0 Å². The second kappa shape index (κ2) is 8.99. The van der Waals surface area contributed by atoms with E-state index in [1.807, 2.05) is 29.9 Å². The molecule has 8 heteroatoms. The van der Waals surface area contributed by atoms with Gasteiger partial charge in [0.25, 0.3) is 0 Å². The van der Waals surface area contributed by atoms with E-state index in [9.17, 15) is 4.79 Å². The Balaban J connectivity index is 1.54. The Hall–Kier alpha value is -3.78. The molecule has 1 aliphatic rings. The number of ether oxygens (including phenoxy) is 1. The van der Waals surface area contributed by atoms with Crippen LogP contribution in [0.15, 0.2) is 61.2 Å². The minimum atomic E-state index is 0.0981. The van der Waals surface area contributed by atoms with Crippen LogP contribution in [0, 0.1) is 13.8 Å². The number of rotatable bonds is 6. The van der Waals surface area contributed by atoms with Crippen LogP contribution in [0.25, 0.3) is 11.4 Å². The fourth-order valence-electron chi connectivity index (χ4n) is 4.48. The zero-order valence-corrected chi connectivity index (χ0v) is 18.8. The summed E-state index contributed by atoms with van der Waals surface area (Å²) in [7, 11) is 0. The van der Waals surface area contributed by atoms with E-state index >= 15 is 0 Å². The van der Waals surface area contributed by atoms with Crippen molar-refractivity contribution in [3.8, 4) is 11.4 Å². The average molecular weight is 443 g/mol. The lowest BCUT2D eigenvalue weighted by Gasteiger charge is -2.39. The molecule has 1 atom stereocenters. The van der Waals surface area contributed by atoms with Gasteiger partial charge in [-0.05, 0) is 67.3 Å². The van der Waals surface area contributed by atoms with E-state index < -0.39 is 0 Å². The second-order valence-corrected chi connectivity index (χ2v) is 8.35. The molecule has 0 radical (unpaired) electrons. The summed E-state index contributed by atoms with van der Waals surface area (Å²) >= 11 is 0. The summed E-state index contributed by atoms with van der Waals surface area (Å²) in [6.07, 6.45) is 8.66. The van der Waals surface area contributed by atoms with Gasteiger partial charge in [-0.3, -0.25) is 4.79 Å². The summed E-state index contributed by atoms with van der Waals surface area (Å²) in [6, 6.07) is 12.4. The fourth-order valence-corrected chi connectivity index (χ4v) is 4.48. The minimum Gasteiger partial charge on any atom is -0.377 e. The molecule has 0 bridgehead atoms. The van der Waals surface area contributed by atoms with Crippen LogP contribution in [0.5, 0.6) is 0 Å². The third-order valence-electron chi connectivity index (χ3n) is 6.10. The largest absolute Gasteiger partial charge is 0.377 e. The zero-order chi connectivity index (χ0) is 22.8. The fraction of sp³-hybridized carbons (Fsp3) is 0.280. The molecule has 3 heterocycles. The summed E-state index contributed by atoms with van der Waals surface area (Å²) in [5, 5.41) is 13.0. The maximum atomic E-state index is 12.0. The summed E-state index contributed by atoms with van der Waals surface area (Å²) in [4.78, 5) is 15.8. The van der Waals surface area contributed by atoms with Crippen molar-refractivity contribution in [3.63, 3.8) is 0 Å². The molecule has 4 aromatic rings. The van der Waals surface area contributed by atoms with Gasteiger partial charge in [0.05, 0.1) is 43.0 Å². The summed E-state index contributed by atoms with van der Waals surface area (Å²) in [5.41, 5.74) is 6.74. The third-order valence-corrected chi connectivity index (χ3v) is 6.10. The topological polar surface area (TPSA) is 78.1 Å². The molecule has 0 amide bonds. The standard InChI is InChI=1S/C25H26N6O2/c1-18-12-21(16-32)25(31-27-7-8-28-31)24(13-18)29-10-11-33-17-23(29)15-20-14-22(5-4-19(20)2)30-9-3-6-26-30/h3-9,12-14,16,23H,10-11,15,17H2,1-2H3/t23-/m1/s1. The highest BCUT2D eigenvalue weighted by Gasteiger charge is 2.28. The molecule has 0 saturated carbocycles. The van der Waals surface area contributed by atoms with Crippen molar-refractivity contribution >= 4 is 12.0 Å². The number of aromatic nitrogens is 5. The van der Waals surface area contributed by atoms with Gasteiger partial charge in [0, 0.05) is 24.5 Å². The maximum Gasteiger partial charge on any atom is 0.152 e. The van der Waals surface area contributed by atoms with Gasteiger partial charge in [-0.1, -0.05) is 6.07 Å². The lowest BCUT2D eigenvalue weighted by Crippen LogP contribution is -2.47. The Morgan fingerprint density at radius 2 is 1.94 bits per heavy atom. The number of carbonyl (C=O) groups excluding carboxylic acids is 1. The molecule has 2 aromatic heterocycles. The Bertz CT molecular complexity index is 1250. The lowest BCUT2D eigenvalue weighted by molar-refractivity contribution is 0.0940. The van der Waals surface area contributed by atoms with Crippen LogP contribution < -0.4 is 4.90 Å². The highest BCUT2D eigenvalue weighted by molar-refractivity contribution is 5.87. The summed E-state index contributed by atoms with van der Waals surface area (Å²) in [6.45, 7) is 6.08. The van der Waals surface area contributed by atoms with Crippen LogP contribution in [0.4, 0.5) is 5.69 Å². The van der Waals surface area contributed by atoms with E-state index in [1.165, 1.54) is 15.9 Å². The van der Waals surface area contributed by atoms with Crippen LogP contribution in [-0.2, 0) is 11.2 Å². The molecule has 5 rings (SSSR count). The van der Waals surface area contributed by atoms with E-state index in [0.29, 0.717) is 24.5 Å². The molecule has 1 saturated heterocycles. The first-order valence-corrected chi connectivity index (χ1v) is 11.0. The quantitative estimate of drug-likeness (QED) is 0.426. The molecular formula is C25H26N6O2. The number of morpholine rings is 1. The van der Waals surface area contributed by atoms with Crippen LogP contribution in [0.3, 0.4) is 0 Å².